The number of rotatable bonds is 3. The lowest BCUT2D eigenvalue weighted by Gasteiger charge is -2.59. The molecule has 1 N–H and O–H groups in total. The summed E-state index contributed by atoms with van der Waals surface area (Å²) < 4.78 is 7.53. The number of anilines is 1. The van der Waals surface area contributed by atoms with E-state index >= 15 is 0 Å². The molecule has 0 radical (unpaired) electrons. The van der Waals surface area contributed by atoms with Crippen LogP contribution in [0.5, 0.6) is 0 Å². The van der Waals surface area contributed by atoms with Gasteiger partial charge in [0.2, 0.25) is 0 Å². The Morgan fingerprint density at radius 3 is 2.48 bits per heavy atom. The maximum Gasteiger partial charge on any atom is 0.178 e. The minimum Gasteiger partial charge on any atom is -0.378 e. The molecule has 2 unspecified atom stereocenters. The van der Waals surface area contributed by atoms with Crippen molar-refractivity contribution in [3.63, 3.8) is 0 Å². The lowest BCUT2D eigenvalue weighted by molar-refractivity contribution is -0.166. The summed E-state index contributed by atoms with van der Waals surface area (Å²) in [7, 11) is 1.79. The number of fused-ring (bicyclic) bond motifs is 1. The fraction of sp³-hybridized carbons (Fsp3) is 0.706. The summed E-state index contributed by atoms with van der Waals surface area (Å²) in [6, 6.07) is 4.25. The predicted molar refractivity (Wildman–Crippen MR) is 90.7 cm³/mol. The van der Waals surface area contributed by atoms with Crippen LogP contribution in [0.15, 0.2) is 12.1 Å². The fourth-order valence-corrected chi connectivity index (χ4v) is 3.24. The van der Waals surface area contributed by atoms with Crippen LogP contribution in [-0.4, -0.2) is 38.6 Å². The van der Waals surface area contributed by atoms with E-state index in [1.165, 1.54) is 0 Å². The van der Waals surface area contributed by atoms with E-state index in [0.717, 1.165) is 23.7 Å². The Kier molecular flexibility index (Phi) is 3.45. The van der Waals surface area contributed by atoms with Gasteiger partial charge in [0.05, 0.1) is 5.60 Å². The molecule has 2 aromatic heterocycles. The molecule has 0 aliphatic heterocycles. The second-order valence-corrected chi connectivity index (χ2v) is 8.32. The van der Waals surface area contributed by atoms with Crippen LogP contribution >= 0.6 is 0 Å². The van der Waals surface area contributed by atoms with E-state index < -0.39 is 0 Å². The van der Waals surface area contributed by atoms with Crippen molar-refractivity contribution in [2.24, 2.45) is 5.41 Å². The third-order valence-electron chi connectivity index (χ3n) is 5.53. The first kappa shape index (κ1) is 16.2. The molecule has 1 fully saturated rings. The first-order chi connectivity index (χ1) is 10.6. The number of hydrogen-bond donors (Lipinski definition) is 1. The van der Waals surface area contributed by atoms with Crippen molar-refractivity contribution >= 4 is 11.5 Å². The SMILES string of the molecule is COC1(C)CC(Nc2ccc3nnc(C(C)(C)C)n3n2)C1(C)C. The standard InChI is InChI=1S/C17H27N5O/c1-15(2,3)14-20-19-13-9-8-12(21-22(13)14)18-11-10-17(6,23-7)16(11,4)5/h8-9,11H,10H2,1-7H3,(H,18,21). The zero-order valence-electron chi connectivity index (χ0n) is 15.1. The van der Waals surface area contributed by atoms with Gasteiger partial charge in [-0.15, -0.1) is 15.3 Å². The lowest BCUT2D eigenvalue weighted by atomic mass is 9.56. The van der Waals surface area contributed by atoms with Crippen molar-refractivity contribution in [3.05, 3.63) is 18.0 Å². The fourth-order valence-electron chi connectivity index (χ4n) is 3.24. The van der Waals surface area contributed by atoms with Gasteiger partial charge in [0.1, 0.15) is 5.82 Å². The summed E-state index contributed by atoms with van der Waals surface area (Å²) in [5.41, 5.74) is 0.616. The lowest BCUT2D eigenvalue weighted by Crippen LogP contribution is -2.65. The summed E-state index contributed by atoms with van der Waals surface area (Å²) in [4.78, 5) is 0. The number of aromatic nitrogens is 4. The molecule has 0 bridgehead atoms. The van der Waals surface area contributed by atoms with E-state index in [2.05, 4.69) is 57.1 Å². The summed E-state index contributed by atoms with van der Waals surface area (Å²) in [5, 5.41) is 16.7. The maximum absolute atomic E-state index is 5.69. The summed E-state index contributed by atoms with van der Waals surface area (Å²) >= 11 is 0. The molecule has 0 saturated heterocycles. The number of nitrogens with zero attached hydrogens (tertiary/aromatic N) is 4. The zero-order valence-corrected chi connectivity index (χ0v) is 15.1. The van der Waals surface area contributed by atoms with E-state index in [1.807, 2.05) is 16.6 Å². The zero-order chi connectivity index (χ0) is 17.0. The van der Waals surface area contributed by atoms with Gasteiger partial charge in [0.25, 0.3) is 0 Å². The van der Waals surface area contributed by atoms with Gasteiger partial charge in [-0.3, -0.25) is 0 Å². The number of methoxy groups -OCH3 is 1. The summed E-state index contributed by atoms with van der Waals surface area (Å²) in [6.07, 6.45) is 0.963. The predicted octanol–water partition coefficient (Wildman–Crippen LogP) is 3.04. The molecular formula is C17H27N5O. The van der Waals surface area contributed by atoms with Crippen molar-refractivity contribution in [3.8, 4) is 0 Å². The molecule has 6 nitrogen and oxygen atoms in total. The molecule has 1 aliphatic rings. The van der Waals surface area contributed by atoms with Crippen LogP contribution < -0.4 is 5.32 Å². The van der Waals surface area contributed by atoms with E-state index in [1.54, 1.807) is 7.11 Å². The van der Waals surface area contributed by atoms with Crippen LogP contribution in [0.4, 0.5) is 5.82 Å². The summed E-state index contributed by atoms with van der Waals surface area (Å²) in [6.45, 7) is 13.0. The maximum atomic E-state index is 5.69. The van der Waals surface area contributed by atoms with Crippen molar-refractivity contribution in [2.75, 3.05) is 12.4 Å². The van der Waals surface area contributed by atoms with Gasteiger partial charge in [-0.1, -0.05) is 34.6 Å². The Labute approximate surface area is 137 Å². The Morgan fingerprint density at radius 2 is 1.91 bits per heavy atom. The highest BCUT2D eigenvalue weighted by molar-refractivity contribution is 5.46. The largest absolute Gasteiger partial charge is 0.378 e. The molecule has 126 valence electrons. The smallest absolute Gasteiger partial charge is 0.178 e. The summed E-state index contributed by atoms with van der Waals surface area (Å²) in [5.74, 6) is 1.71. The van der Waals surface area contributed by atoms with Crippen molar-refractivity contribution in [1.29, 1.82) is 0 Å². The van der Waals surface area contributed by atoms with Gasteiger partial charge in [0, 0.05) is 24.0 Å². The molecule has 2 atom stereocenters. The molecule has 0 aromatic carbocycles. The number of hydrogen-bond acceptors (Lipinski definition) is 5. The van der Waals surface area contributed by atoms with Gasteiger partial charge in [0.15, 0.2) is 11.5 Å². The molecule has 1 aliphatic carbocycles. The molecule has 0 spiro atoms. The van der Waals surface area contributed by atoms with Gasteiger partial charge >= 0.3 is 0 Å². The average molecular weight is 317 g/mol. The molecule has 0 amide bonds. The molecule has 23 heavy (non-hydrogen) atoms. The molecular weight excluding hydrogens is 290 g/mol. The number of nitrogens with one attached hydrogen (secondary N) is 1. The van der Waals surface area contributed by atoms with Gasteiger partial charge in [-0.05, 0) is 25.5 Å². The van der Waals surface area contributed by atoms with Gasteiger partial charge in [-0.25, -0.2) is 0 Å². The molecule has 2 aromatic rings. The van der Waals surface area contributed by atoms with Crippen LogP contribution in [-0.2, 0) is 10.2 Å². The second kappa shape index (κ2) is 4.90. The van der Waals surface area contributed by atoms with E-state index in [4.69, 9.17) is 9.84 Å². The first-order valence-electron chi connectivity index (χ1n) is 8.13. The Hall–Kier alpha value is -1.69. The minimum absolute atomic E-state index is 0.0401. The highest BCUT2D eigenvalue weighted by Crippen LogP contribution is 2.52. The van der Waals surface area contributed by atoms with Crippen molar-refractivity contribution < 1.29 is 4.74 Å². The highest BCUT2D eigenvalue weighted by atomic mass is 16.5. The Balaban J connectivity index is 1.88. The molecule has 1 saturated carbocycles. The third-order valence-corrected chi connectivity index (χ3v) is 5.53. The van der Waals surface area contributed by atoms with Crippen LogP contribution in [0.2, 0.25) is 0 Å². The van der Waals surface area contributed by atoms with Crippen LogP contribution in [0.25, 0.3) is 5.65 Å². The average Bonchev–Trinajstić information content (AvgIpc) is 2.89. The van der Waals surface area contributed by atoms with Crippen molar-refractivity contribution in [1.82, 2.24) is 19.8 Å². The second-order valence-electron chi connectivity index (χ2n) is 8.32. The molecule has 2 heterocycles. The first-order valence-corrected chi connectivity index (χ1v) is 8.13. The minimum atomic E-state index is -0.102. The van der Waals surface area contributed by atoms with E-state index in [9.17, 15) is 0 Å². The topological polar surface area (TPSA) is 64.3 Å². The van der Waals surface area contributed by atoms with Gasteiger partial charge in [-0.2, -0.15) is 4.52 Å². The molecule has 6 heteroatoms. The third kappa shape index (κ3) is 2.40. The van der Waals surface area contributed by atoms with Gasteiger partial charge < -0.3 is 10.1 Å². The van der Waals surface area contributed by atoms with Crippen molar-refractivity contribution in [2.45, 2.75) is 65.0 Å². The normalized spacial score (nSPS) is 27.0. The van der Waals surface area contributed by atoms with E-state index in [-0.39, 0.29) is 16.4 Å². The highest BCUT2D eigenvalue weighted by Gasteiger charge is 2.57. The Bertz CT molecular complexity index is 730. The van der Waals surface area contributed by atoms with Crippen LogP contribution in [0.1, 0.15) is 53.8 Å². The molecule has 3 rings (SSSR count). The monoisotopic (exact) mass is 317 g/mol. The van der Waals surface area contributed by atoms with E-state index in [0.29, 0.717) is 6.04 Å². The van der Waals surface area contributed by atoms with Crippen LogP contribution in [0.3, 0.4) is 0 Å². The quantitative estimate of drug-likeness (QED) is 0.942. The Morgan fingerprint density at radius 1 is 1.22 bits per heavy atom. The number of ether oxygens (including phenoxy) is 1. The van der Waals surface area contributed by atoms with Crippen LogP contribution in [0, 0.1) is 5.41 Å².